The molecule has 1 aromatic carbocycles. The molecule has 102 valence electrons. The zero-order valence-electron chi connectivity index (χ0n) is 10.7. The zero-order chi connectivity index (χ0) is 14.2. The molecule has 0 saturated heterocycles. The predicted molar refractivity (Wildman–Crippen MR) is 80.0 cm³/mol. The maximum atomic E-state index is 10.8. The lowest BCUT2D eigenvalue weighted by Gasteiger charge is -2.24. The Balaban J connectivity index is 2.24. The Morgan fingerprint density at radius 3 is 2.60 bits per heavy atom. The summed E-state index contributed by atoms with van der Waals surface area (Å²) in [6, 6.07) is 7.34. The van der Waals surface area contributed by atoms with Crippen molar-refractivity contribution in [3.63, 3.8) is 0 Å². The summed E-state index contributed by atoms with van der Waals surface area (Å²) >= 11 is 12.4. The zero-order valence-corrected chi connectivity index (χ0v) is 12.2. The van der Waals surface area contributed by atoms with E-state index >= 15 is 0 Å². The molecule has 0 aliphatic heterocycles. The normalized spacial score (nSPS) is 17.1. The van der Waals surface area contributed by atoms with Crippen LogP contribution in [0.25, 0.3) is 10.9 Å². The van der Waals surface area contributed by atoms with E-state index in [1.165, 1.54) is 0 Å². The Bertz CT molecular complexity index is 717. The summed E-state index contributed by atoms with van der Waals surface area (Å²) in [5, 5.41) is 1.87. The molecule has 3 rings (SSSR count). The van der Waals surface area contributed by atoms with Crippen LogP contribution in [0.3, 0.4) is 0 Å². The molecule has 0 spiro atoms. The molecule has 5 heteroatoms. The van der Waals surface area contributed by atoms with Crippen LogP contribution in [0.1, 0.15) is 31.2 Å². The molecule has 0 bridgehead atoms. The molecule has 0 amide bonds. The lowest BCUT2D eigenvalue weighted by molar-refractivity contribution is 0.456. The van der Waals surface area contributed by atoms with Gasteiger partial charge in [-0.2, -0.15) is 4.99 Å². The van der Waals surface area contributed by atoms with Gasteiger partial charge in [0.25, 0.3) is 0 Å². The summed E-state index contributed by atoms with van der Waals surface area (Å²) in [6.07, 6.45) is 5.45. The monoisotopic (exact) mass is 306 g/mol. The second-order valence-corrected chi connectivity index (χ2v) is 5.83. The first-order valence-electron chi connectivity index (χ1n) is 6.50. The molecule has 0 N–H and O–H groups in total. The number of isocyanates is 1. The van der Waals surface area contributed by atoms with E-state index < -0.39 is 5.54 Å². The topological polar surface area (TPSA) is 42.3 Å². The fraction of sp³-hybridized carbons (Fsp3) is 0.333. The maximum absolute atomic E-state index is 10.8. The SMILES string of the molecule is O=C=NC1(c2ccc3nc(Cl)ccc3c2Cl)CCCC1. The van der Waals surface area contributed by atoms with Crippen LogP contribution in [-0.2, 0) is 10.3 Å². The third kappa shape index (κ3) is 2.12. The Kier molecular flexibility index (Phi) is 3.51. The Hall–Kier alpha value is -1.41. The van der Waals surface area contributed by atoms with Crippen LogP contribution in [0.15, 0.2) is 29.3 Å². The quantitative estimate of drug-likeness (QED) is 0.460. The second-order valence-electron chi connectivity index (χ2n) is 5.07. The largest absolute Gasteiger partial charge is 0.236 e. The molecule has 0 radical (unpaired) electrons. The molecule has 20 heavy (non-hydrogen) atoms. The third-order valence-corrected chi connectivity index (χ3v) is 4.58. The van der Waals surface area contributed by atoms with Crippen LogP contribution in [0.4, 0.5) is 0 Å². The fourth-order valence-electron chi connectivity index (χ4n) is 2.99. The van der Waals surface area contributed by atoms with E-state index in [-0.39, 0.29) is 0 Å². The van der Waals surface area contributed by atoms with E-state index in [1.54, 1.807) is 12.1 Å². The van der Waals surface area contributed by atoms with E-state index in [2.05, 4.69) is 9.98 Å². The molecular weight excluding hydrogens is 295 g/mol. The van der Waals surface area contributed by atoms with Gasteiger partial charge in [0.1, 0.15) is 5.15 Å². The predicted octanol–water partition coefficient (Wildman–Crippen LogP) is 4.65. The van der Waals surface area contributed by atoms with Crippen molar-refractivity contribution in [2.75, 3.05) is 0 Å². The number of fused-ring (bicyclic) bond motifs is 1. The van der Waals surface area contributed by atoms with Gasteiger partial charge < -0.3 is 0 Å². The van der Waals surface area contributed by atoms with Crippen LogP contribution in [0, 0.1) is 0 Å². The number of hydrogen-bond acceptors (Lipinski definition) is 3. The number of pyridine rings is 1. The van der Waals surface area contributed by atoms with Crippen LogP contribution in [0.5, 0.6) is 0 Å². The fourth-order valence-corrected chi connectivity index (χ4v) is 3.54. The van der Waals surface area contributed by atoms with Crippen LogP contribution >= 0.6 is 23.2 Å². The minimum atomic E-state index is -0.521. The summed E-state index contributed by atoms with van der Waals surface area (Å²) in [7, 11) is 0. The first-order chi connectivity index (χ1) is 9.66. The van der Waals surface area contributed by atoms with Crippen molar-refractivity contribution in [3.05, 3.63) is 40.0 Å². The van der Waals surface area contributed by atoms with Gasteiger partial charge in [-0.3, -0.25) is 0 Å². The number of halogens is 2. The van der Waals surface area contributed by atoms with E-state index in [4.69, 9.17) is 23.2 Å². The second kappa shape index (κ2) is 5.17. The van der Waals surface area contributed by atoms with Crippen molar-refractivity contribution < 1.29 is 4.79 Å². The van der Waals surface area contributed by atoms with Gasteiger partial charge in [-0.25, -0.2) is 9.78 Å². The Morgan fingerprint density at radius 2 is 1.90 bits per heavy atom. The van der Waals surface area contributed by atoms with Gasteiger partial charge in [0, 0.05) is 5.39 Å². The number of aliphatic imine (C=N–C) groups is 1. The first kappa shape index (κ1) is 13.6. The lowest BCUT2D eigenvalue weighted by Crippen LogP contribution is -2.19. The van der Waals surface area contributed by atoms with Gasteiger partial charge in [0.15, 0.2) is 0 Å². The average Bonchev–Trinajstić information content (AvgIpc) is 2.89. The standard InChI is InChI=1S/C15H12Cl2N2O/c16-13-6-3-10-12(19-13)5-4-11(14(10)17)15(18-9-20)7-1-2-8-15/h3-6H,1-2,7-8H2. The molecular formula is C15H12Cl2N2O. The molecule has 2 aromatic rings. The van der Waals surface area contributed by atoms with Gasteiger partial charge in [-0.15, -0.1) is 0 Å². The highest BCUT2D eigenvalue weighted by Gasteiger charge is 2.37. The molecule has 1 heterocycles. The smallest absolute Gasteiger partial charge is 0.235 e. The van der Waals surface area contributed by atoms with Crippen molar-refractivity contribution in [3.8, 4) is 0 Å². The highest BCUT2D eigenvalue weighted by Crippen LogP contribution is 2.46. The van der Waals surface area contributed by atoms with Crippen molar-refractivity contribution >= 4 is 40.2 Å². The molecule has 3 nitrogen and oxygen atoms in total. The van der Waals surface area contributed by atoms with Crippen molar-refractivity contribution in [2.24, 2.45) is 4.99 Å². The number of carbonyl (C=O) groups excluding carboxylic acids is 1. The van der Waals surface area contributed by atoms with Crippen LogP contribution in [0.2, 0.25) is 10.2 Å². The van der Waals surface area contributed by atoms with Gasteiger partial charge in [-0.05, 0) is 36.6 Å². The number of aromatic nitrogens is 1. The molecule has 0 unspecified atom stereocenters. The number of nitrogens with zero attached hydrogens (tertiary/aromatic N) is 2. The third-order valence-electron chi connectivity index (χ3n) is 3.96. The summed E-state index contributed by atoms with van der Waals surface area (Å²) < 4.78 is 0. The van der Waals surface area contributed by atoms with E-state index in [0.717, 1.165) is 42.1 Å². The Morgan fingerprint density at radius 1 is 1.15 bits per heavy atom. The molecule has 1 saturated carbocycles. The van der Waals surface area contributed by atoms with Gasteiger partial charge in [-0.1, -0.05) is 42.1 Å². The molecule has 1 aliphatic rings. The van der Waals surface area contributed by atoms with Crippen molar-refractivity contribution in [2.45, 2.75) is 31.2 Å². The van der Waals surface area contributed by atoms with E-state index in [1.807, 2.05) is 18.2 Å². The molecule has 0 atom stereocenters. The van der Waals surface area contributed by atoms with Crippen molar-refractivity contribution in [1.29, 1.82) is 0 Å². The summed E-state index contributed by atoms with van der Waals surface area (Å²) in [6.45, 7) is 0. The van der Waals surface area contributed by atoms with Gasteiger partial charge in [0.05, 0.1) is 16.1 Å². The van der Waals surface area contributed by atoms with Crippen LogP contribution in [-0.4, -0.2) is 11.1 Å². The van der Waals surface area contributed by atoms with Crippen molar-refractivity contribution in [1.82, 2.24) is 4.98 Å². The summed E-state index contributed by atoms with van der Waals surface area (Å²) in [5.41, 5.74) is 1.11. The Labute approximate surface area is 126 Å². The number of benzene rings is 1. The van der Waals surface area contributed by atoms with E-state index in [0.29, 0.717) is 10.2 Å². The number of rotatable bonds is 2. The van der Waals surface area contributed by atoms with Gasteiger partial charge in [0.2, 0.25) is 6.08 Å². The van der Waals surface area contributed by atoms with E-state index in [9.17, 15) is 4.79 Å². The molecule has 1 aliphatic carbocycles. The minimum absolute atomic E-state index is 0.433. The summed E-state index contributed by atoms with van der Waals surface area (Å²) in [5.74, 6) is 0. The highest BCUT2D eigenvalue weighted by atomic mass is 35.5. The number of hydrogen-bond donors (Lipinski definition) is 0. The molecule has 1 fully saturated rings. The summed E-state index contributed by atoms with van der Waals surface area (Å²) in [4.78, 5) is 19.1. The maximum Gasteiger partial charge on any atom is 0.235 e. The minimum Gasteiger partial charge on any atom is -0.236 e. The van der Waals surface area contributed by atoms with Gasteiger partial charge >= 0.3 is 0 Å². The lowest BCUT2D eigenvalue weighted by atomic mass is 9.88. The van der Waals surface area contributed by atoms with Crippen LogP contribution < -0.4 is 0 Å². The highest BCUT2D eigenvalue weighted by molar-refractivity contribution is 6.36. The molecule has 1 aromatic heterocycles. The average molecular weight is 307 g/mol. The first-order valence-corrected chi connectivity index (χ1v) is 7.26.